The summed E-state index contributed by atoms with van der Waals surface area (Å²) in [6.07, 6.45) is 0. The highest BCUT2D eigenvalue weighted by molar-refractivity contribution is 6.05. The fourth-order valence-electron chi connectivity index (χ4n) is 4.35. The van der Waals surface area contributed by atoms with Crippen LogP contribution in [0.2, 0.25) is 0 Å². The smallest absolute Gasteiger partial charge is 0.306 e. The van der Waals surface area contributed by atoms with Gasteiger partial charge in [0.2, 0.25) is 0 Å². The molecular formula is C26H29F3N4O4. The lowest BCUT2D eigenvalue weighted by molar-refractivity contribution is -0.197. The summed E-state index contributed by atoms with van der Waals surface area (Å²) >= 11 is 0. The summed E-state index contributed by atoms with van der Waals surface area (Å²) in [6, 6.07) is 6.02. The third kappa shape index (κ3) is 4.36. The van der Waals surface area contributed by atoms with Gasteiger partial charge in [0.05, 0.1) is 29.4 Å². The highest BCUT2D eigenvalue weighted by atomic mass is 19.3. The monoisotopic (exact) mass is 518 g/mol. The van der Waals surface area contributed by atoms with Gasteiger partial charge in [0.1, 0.15) is 23.2 Å². The quantitative estimate of drug-likeness (QED) is 0.449. The fraction of sp³-hybridized carbons (Fsp3) is 0.423. The van der Waals surface area contributed by atoms with Crippen LogP contribution in [0, 0.1) is 12.7 Å². The average Bonchev–Trinajstić information content (AvgIpc) is 2.81. The third-order valence-corrected chi connectivity index (χ3v) is 6.61. The summed E-state index contributed by atoms with van der Waals surface area (Å²) in [5, 5.41) is 22.8. The van der Waals surface area contributed by atoms with E-state index in [1.165, 1.54) is 17.0 Å². The molecule has 0 saturated heterocycles. The second-order valence-corrected chi connectivity index (χ2v) is 10.0. The summed E-state index contributed by atoms with van der Waals surface area (Å²) < 4.78 is 51.0. The van der Waals surface area contributed by atoms with Crippen molar-refractivity contribution < 1.29 is 32.9 Å². The second-order valence-electron chi connectivity index (χ2n) is 10.0. The van der Waals surface area contributed by atoms with Gasteiger partial charge >= 0.3 is 5.92 Å². The number of ether oxygens (including phenoxy) is 1. The predicted molar refractivity (Wildman–Crippen MR) is 132 cm³/mol. The van der Waals surface area contributed by atoms with Crippen LogP contribution in [0.4, 0.5) is 24.7 Å². The number of halogens is 3. The summed E-state index contributed by atoms with van der Waals surface area (Å²) in [5.74, 6) is -4.33. The molecule has 0 radical (unpaired) electrons. The van der Waals surface area contributed by atoms with Crippen LogP contribution in [-0.2, 0) is 10.7 Å². The molecule has 11 heteroatoms. The number of carbonyl (C=O) groups is 1. The fourth-order valence-corrected chi connectivity index (χ4v) is 4.35. The van der Waals surface area contributed by atoms with Crippen molar-refractivity contribution in [2.45, 2.75) is 57.8 Å². The number of fused-ring (bicyclic) bond motifs is 2. The topological polar surface area (TPSA) is 108 Å². The Hall–Kier alpha value is -3.44. The zero-order valence-corrected chi connectivity index (χ0v) is 21.4. The molecule has 0 aliphatic carbocycles. The number of carbonyl (C=O) groups excluding carboxylic acids is 1. The molecule has 198 valence electrons. The molecule has 3 aromatic rings. The van der Waals surface area contributed by atoms with Crippen LogP contribution in [0.25, 0.3) is 10.9 Å². The molecule has 1 aliphatic heterocycles. The van der Waals surface area contributed by atoms with Gasteiger partial charge in [-0.3, -0.25) is 4.79 Å². The summed E-state index contributed by atoms with van der Waals surface area (Å²) in [7, 11) is 1.63. The molecule has 0 bridgehead atoms. The van der Waals surface area contributed by atoms with E-state index in [0.717, 1.165) is 13.0 Å². The summed E-state index contributed by atoms with van der Waals surface area (Å²) in [5.41, 5.74) is -4.03. The number of aliphatic hydroxyl groups is 2. The zero-order valence-electron chi connectivity index (χ0n) is 21.4. The molecule has 4 rings (SSSR count). The number of hydrogen-bond acceptors (Lipinski definition) is 7. The number of likely N-dealkylation sites (N-methyl/N-ethyl adjacent to an activating group) is 1. The summed E-state index contributed by atoms with van der Waals surface area (Å²) in [4.78, 5) is 23.1. The van der Waals surface area contributed by atoms with Crippen LogP contribution in [0.5, 0.6) is 5.75 Å². The Morgan fingerprint density at radius 1 is 1.24 bits per heavy atom. The Balaban J connectivity index is 1.77. The van der Waals surface area contributed by atoms with E-state index in [1.807, 2.05) is 0 Å². The Labute approximate surface area is 212 Å². The van der Waals surface area contributed by atoms with Gasteiger partial charge < -0.3 is 25.2 Å². The van der Waals surface area contributed by atoms with Gasteiger partial charge in [-0.25, -0.2) is 14.4 Å². The molecule has 0 spiro atoms. The van der Waals surface area contributed by atoms with Gasteiger partial charge in [-0.2, -0.15) is 8.78 Å². The number of nitrogens with zero attached hydrogens (tertiary/aromatic N) is 3. The van der Waals surface area contributed by atoms with E-state index in [9.17, 15) is 23.8 Å². The van der Waals surface area contributed by atoms with Crippen molar-refractivity contribution in [3.63, 3.8) is 0 Å². The Kier molecular flexibility index (Phi) is 6.36. The van der Waals surface area contributed by atoms with E-state index in [4.69, 9.17) is 4.74 Å². The largest absolute Gasteiger partial charge is 0.476 e. The van der Waals surface area contributed by atoms with Gasteiger partial charge in [-0.05, 0) is 46.8 Å². The lowest BCUT2D eigenvalue weighted by Gasteiger charge is -2.37. The van der Waals surface area contributed by atoms with E-state index in [2.05, 4.69) is 15.3 Å². The van der Waals surface area contributed by atoms with Crippen LogP contribution in [0.1, 0.15) is 50.7 Å². The third-order valence-electron chi connectivity index (χ3n) is 6.61. The lowest BCUT2D eigenvalue weighted by Crippen LogP contribution is -2.50. The minimum Gasteiger partial charge on any atom is -0.476 e. The van der Waals surface area contributed by atoms with Crippen molar-refractivity contribution in [3.8, 4) is 5.75 Å². The van der Waals surface area contributed by atoms with Gasteiger partial charge in [0, 0.05) is 24.1 Å². The first-order chi connectivity index (χ1) is 17.1. The maximum atomic E-state index is 15.4. The number of aromatic nitrogens is 2. The highest BCUT2D eigenvalue weighted by Gasteiger charge is 2.52. The van der Waals surface area contributed by atoms with Crippen LogP contribution in [-0.4, -0.2) is 50.9 Å². The maximum absolute atomic E-state index is 15.4. The van der Waals surface area contributed by atoms with Crippen LogP contribution < -0.4 is 15.0 Å². The minimum atomic E-state index is -4.05. The summed E-state index contributed by atoms with van der Waals surface area (Å²) in [6.45, 7) is 6.08. The maximum Gasteiger partial charge on any atom is 0.306 e. The number of alkyl halides is 2. The number of amides is 1. The Morgan fingerprint density at radius 3 is 2.57 bits per heavy atom. The molecule has 3 N–H and O–H groups in total. The number of anilines is 2. The SMILES string of the molecule is Cc1nc(NC(C)c2cccc(C(F)(F)C(C)(O)CO)c2F)c2cc3c(cc2n1)OC(C)(C)C(=O)N3C. The molecule has 37 heavy (non-hydrogen) atoms. The van der Waals surface area contributed by atoms with E-state index >= 15 is 4.39 Å². The molecule has 2 unspecified atom stereocenters. The van der Waals surface area contributed by atoms with Crippen molar-refractivity contribution in [2.75, 3.05) is 23.9 Å². The van der Waals surface area contributed by atoms with Crippen LogP contribution in [0.15, 0.2) is 30.3 Å². The number of aryl methyl sites for hydroxylation is 1. The van der Waals surface area contributed by atoms with Gasteiger partial charge in [0.15, 0.2) is 11.2 Å². The first-order valence-corrected chi connectivity index (χ1v) is 11.7. The standard InChI is InChI=1S/C26H29F3N4O4/c1-13(15-8-7-9-17(21(15)27)26(28,29)25(5,36)12-34)30-22-16-10-19-20(11-18(16)31-14(2)32-22)37-24(3,4)23(35)33(19)6/h7-11,13,34,36H,12H2,1-6H3,(H,30,31,32). The van der Waals surface area contributed by atoms with Gasteiger partial charge in [-0.15, -0.1) is 0 Å². The van der Waals surface area contributed by atoms with Crippen molar-refractivity contribution in [3.05, 3.63) is 53.1 Å². The van der Waals surface area contributed by atoms with E-state index < -0.39 is 41.2 Å². The first kappa shape index (κ1) is 26.6. The van der Waals surface area contributed by atoms with Crippen molar-refractivity contribution in [2.24, 2.45) is 0 Å². The van der Waals surface area contributed by atoms with Gasteiger partial charge in [0.25, 0.3) is 5.91 Å². The number of nitrogens with one attached hydrogen (secondary N) is 1. The predicted octanol–water partition coefficient (Wildman–Crippen LogP) is 4.22. The number of rotatable bonds is 6. The van der Waals surface area contributed by atoms with E-state index in [-0.39, 0.29) is 11.5 Å². The van der Waals surface area contributed by atoms with Crippen LogP contribution >= 0.6 is 0 Å². The molecule has 1 aromatic heterocycles. The van der Waals surface area contributed by atoms with Crippen molar-refractivity contribution in [1.82, 2.24) is 9.97 Å². The molecule has 2 heterocycles. The minimum absolute atomic E-state index is 0.0920. The molecular weight excluding hydrogens is 489 g/mol. The van der Waals surface area contributed by atoms with E-state index in [1.54, 1.807) is 46.9 Å². The molecule has 1 aliphatic rings. The highest BCUT2D eigenvalue weighted by Crippen LogP contribution is 2.43. The van der Waals surface area contributed by atoms with Crippen molar-refractivity contribution >= 4 is 28.3 Å². The van der Waals surface area contributed by atoms with Gasteiger partial charge in [-0.1, -0.05) is 12.1 Å². The van der Waals surface area contributed by atoms with E-state index in [0.29, 0.717) is 34.0 Å². The average molecular weight is 519 g/mol. The molecule has 2 atom stereocenters. The number of benzene rings is 2. The molecule has 0 saturated carbocycles. The van der Waals surface area contributed by atoms with Crippen LogP contribution in [0.3, 0.4) is 0 Å². The lowest BCUT2D eigenvalue weighted by atomic mass is 9.90. The number of aliphatic hydroxyl groups excluding tert-OH is 1. The zero-order chi connectivity index (χ0) is 27.5. The Morgan fingerprint density at radius 2 is 1.92 bits per heavy atom. The first-order valence-electron chi connectivity index (χ1n) is 11.7. The molecule has 0 fully saturated rings. The second kappa shape index (κ2) is 8.84. The molecule has 2 aromatic carbocycles. The molecule has 1 amide bonds. The Bertz CT molecular complexity index is 1390. The van der Waals surface area contributed by atoms with Crippen molar-refractivity contribution in [1.29, 1.82) is 0 Å². The normalized spacial score (nSPS) is 17.7. The molecule has 8 nitrogen and oxygen atoms in total. The number of hydrogen-bond donors (Lipinski definition) is 3.